The van der Waals surface area contributed by atoms with Crippen molar-refractivity contribution in [1.29, 1.82) is 5.26 Å². The van der Waals surface area contributed by atoms with Crippen molar-refractivity contribution in [3.8, 4) is 11.8 Å². The molecule has 0 N–H and O–H groups in total. The molecule has 0 bridgehead atoms. The van der Waals surface area contributed by atoms with Gasteiger partial charge in [0.1, 0.15) is 11.8 Å². The summed E-state index contributed by atoms with van der Waals surface area (Å²) in [6.45, 7) is 2.07. The van der Waals surface area contributed by atoms with Gasteiger partial charge in [0.15, 0.2) is 0 Å². The van der Waals surface area contributed by atoms with Crippen LogP contribution in [0.4, 0.5) is 0 Å². The Morgan fingerprint density at radius 2 is 2.24 bits per heavy atom. The number of thiol groups is 1. The zero-order valence-electron chi connectivity index (χ0n) is 9.69. The van der Waals surface area contributed by atoms with Crippen LogP contribution >= 0.6 is 12.6 Å². The van der Waals surface area contributed by atoms with Gasteiger partial charge in [-0.1, -0.05) is 0 Å². The first-order chi connectivity index (χ1) is 8.12. The van der Waals surface area contributed by atoms with Crippen molar-refractivity contribution in [2.45, 2.75) is 18.2 Å². The Morgan fingerprint density at radius 3 is 2.76 bits per heavy atom. The monoisotopic (exact) mass is 251 g/mol. The second kappa shape index (κ2) is 6.16. The zero-order chi connectivity index (χ0) is 12.8. The number of hydrogen-bond donors (Lipinski definition) is 1. The molecule has 17 heavy (non-hydrogen) atoms. The maximum absolute atomic E-state index is 11.4. The molecule has 1 rings (SSSR count). The van der Waals surface area contributed by atoms with Gasteiger partial charge in [0.25, 0.3) is 0 Å². The highest BCUT2D eigenvalue weighted by molar-refractivity contribution is 7.80. The van der Waals surface area contributed by atoms with Crippen LogP contribution in [0.2, 0.25) is 0 Å². The molecule has 90 valence electrons. The van der Waals surface area contributed by atoms with E-state index in [-0.39, 0.29) is 12.4 Å². The summed E-state index contributed by atoms with van der Waals surface area (Å²) in [4.78, 5) is 12.0. The van der Waals surface area contributed by atoms with Crippen LogP contribution in [0.15, 0.2) is 17.0 Å². The highest BCUT2D eigenvalue weighted by Gasteiger charge is 2.14. The number of methoxy groups -OCH3 is 1. The number of ether oxygens (including phenoxy) is 2. The van der Waals surface area contributed by atoms with Gasteiger partial charge in [0.2, 0.25) is 0 Å². The minimum atomic E-state index is -0.353. The fourth-order valence-corrected chi connectivity index (χ4v) is 1.78. The van der Waals surface area contributed by atoms with Crippen molar-refractivity contribution < 1.29 is 14.3 Å². The number of benzene rings is 1. The molecule has 1 aromatic rings. The molecule has 0 fully saturated rings. The van der Waals surface area contributed by atoms with E-state index in [1.54, 1.807) is 19.1 Å². The molecule has 1 aromatic carbocycles. The summed E-state index contributed by atoms with van der Waals surface area (Å²) in [7, 11) is 1.46. The van der Waals surface area contributed by atoms with Crippen molar-refractivity contribution in [2.75, 3.05) is 13.7 Å². The van der Waals surface area contributed by atoms with Crippen LogP contribution in [0.25, 0.3) is 0 Å². The Balaban J connectivity index is 3.10. The van der Waals surface area contributed by atoms with Gasteiger partial charge in [0.05, 0.1) is 25.7 Å². The smallest absolute Gasteiger partial charge is 0.310 e. The SMILES string of the molecule is CCOC(=O)Cc1cc(S)cc(C#N)c1OC. The van der Waals surface area contributed by atoms with Crippen molar-refractivity contribution in [2.24, 2.45) is 0 Å². The van der Waals surface area contributed by atoms with Crippen LogP contribution in [-0.2, 0) is 16.0 Å². The van der Waals surface area contributed by atoms with Crippen LogP contribution in [0.3, 0.4) is 0 Å². The third-order valence-corrected chi connectivity index (χ3v) is 2.37. The van der Waals surface area contributed by atoms with Gasteiger partial charge in [-0.3, -0.25) is 4.79 Å². The van der Waals surface area contributed by atoms with Crippen LogP contribution in [-0.4, -0.2) is 19.7 Å². The number of carbonyl (C=O) groups excluding carboxylic acids is 1. The van der Waals surface area contributed by atoms with Crippen LogP contribution in [0, 0.1) is 11.3 Å². The Kier molecular flexibility index (Phi) is 4.85. The lowest BCUT2D eigenvalue weighted by Crippen LogP contribution is -2.09. The lowest BCUT2D eigenvalue weighted by Gasteiger charge is -2.10. The van der Waals surface area contributed by atoms with E-state index in [1.165, 1.54) is 7.11 Å². The molecule has 4 nitrogen and oxygen atoms in total. The Bertz CT molecular complexity index is 466. The molecule has 0 aliphatic heterocycles. The quantitative estimate of drug-likeness (QED) is 0.656. The van der Waals surface area contributed by atoms with Gasteiger partial charge in [-0.15, -0.1) is 12.6 Å². The summed E-state index contributed by atoms with van der Waals surface area (Å²) in [6.07, 6.45) is 0.0695. The fraction of sp³-hybridized carbons (Fsp3) is 0.333. The lowest BCUT2D eigenvalue weighted by atomic mass is 10.1. The first-order valence-electron chi connectivity index (χ1n) is 5.08. The number of carbonyl (C=O) groups is 1. The minimum Gasteiger partial charge on any atom is -0.495 e. The van der Waals surface area contributed by atoms with Gasteiger partial charge in [0, 0.05) is 10.5 Å². The normalized spacial score (nSPS) is 9.53. The summed E-state index contributed by atoms with van der Waals surface area (Å²) in [6, 6.07) is 5.29. The standard InChI is InChI=1S/C12H13NO3S/c1-3-16-11(14)6-8-4-10(17)5-9(7-13)12(8)15-2/h4-5,17H,3,6H2,1-2H3. The third-order valence-electron chi connectivity index (χ3n) is 2.12. The van der Waals surface area contributed by atoms with E-state index < -0.39 is 0 Å². The van der Waals surface area contributed by atoms with Crippen molar-refractivity contribution in [1.82, 2.24) is 0 Å². The topological polar surface area (TPSA) is 59.3 Å². The summed E-state index contributed by atoms with van der Waals surface area (Å²) >= 11 is 4.18. The third kappa shape index (κ3) is 3.40. The van der Waals surface area contributed by atoms with Gasteiger partial charge in [-0.05, 0) is 19.1 Å². The molecule has 0 unspecified atom stereocenters. The van der Waals surface area contributed by atoms with Crippen LogP contribution in [0.1, 0.15) is 18.1 Å². The fourth-order valence-electron chi connectivity index (χ4n) is 1.50. The molecule has 5 heteroatoms. The molecule has 0 amide bonds. The number of nitrogens with zero attached hydrogens (tertiary/aromatic N) is 1. The maximum atomic E-state index is 11.4. The van der Waals surface area contributed by atoms with Crippen molar-refractivity contribution >= 4 is 18.6 Å². The molecule has 0 heterocycles. The zero-order valence-corrected chi connectivity index (χ0v) is 10.6. The highest BCUT2D eigenvalue weighted by Crippen LogP contribution is 2.27. The van der Waals surface area contributed by atoms with E-state index in [9.17, 15) is 4.79 Å². The number of esters is 1. The molecule has 0 spiro atoms. The van der Waals surface area contributed by atoms with Gasteiger partial charge < -0.3 is 9.47 Å². The van der Waals surface area contributed by atoms with E-state index in [2.05, 4.69) is 12.6 Å². The summed E-state index contributed by atoms with van der Waals surface area (Å²) < 4.78 is 9.99. The number of nitriles is 1. The second-order valence-electron chi connectivity index (χ2n) is 3.28. The molecule has 0 aromatic heterocycles. The Morgan fingerprint density at radius 1 is 1.53 bits per heavy atom. The number of hydrogen-bond acceptors (Lipinski definition) is 5. The molecular formula is C12H13NO3S. The van der Waals surface area contributed by atoms with Gasteiger partial charge in [-0.2, -0.15) is 5.26 Å². The highest BCUT2D eigenvalue weighted by atomic mass is 32.1. The lowest BCUT2D eigenvalue weighted by molar-refractivity contribution is -0.142. The Hall–Kier alpha value is -1.67. The van der Waals surface area contributed by atoms with E-state index >= 15 is 0 Å². The average molecular weight is 251 g/mol. The Labute approximate surface area is 106 Å². The number of rotatable bonds is 4. The summed E-state index contributed by atoms with van der Waals surface area (Å²) in [5.41, 5.74) is 0.967. The van der Waals surface area contributed by atoms with E-state index in [0.717, 1.165) is 0 Å². The molecule has 0 radical (unpaired) electrons. The molecule has 0 saturated heterocycles. The van der Waals surface area contributed by atoms with Crippen molar-refractivity contribution in [3.05, 3.63) is 23.3 Å². The molecule has 0 aliphatic rings. The predicted octanol–water partition coefficient (Wildman–Crippen LogP) is 1.96. The van der Waals surface area contributed by atoms with Gasteiger partial charge in [-0.25, -0.2) is 0 Å². The van der Waals surface area contributed by atoms with Gasteiger partial charge >= 0.3 is 5.97 Å². The average Bonchev–Trinajstić information content (AvgIpc) is 2.28. The molecule has 0 atom stereocenters. The summed E-state index contributed by atoms with van der Waals surface area (Å²) in [5.74, 6) is 0.0481. The van der Waals surface area contributed by atoms with Crippen LogP contribution < -0.4 is 4.74 Å². The molecular weight excluding hydrogens is 238 g/mol. The molecule has 0 aliphatic carbocycles. The summed E-state index contributed by atoms with van der Waals surface area (Å²) in [5, 5.41) is 8.96. The first kappa shape index (κ1) is 13.4. The first-order valence-corrected chi connectivity index (χ1v) is 5.52. The van der Waals surface area contributed by atoms with E-state index in [4.69, 9.17) is 14.7 Å². The minimum absolute atomic E-state index is 0.0695. The van der Waals surface area contributed by atoms with E-state index in [1.807, 2.05) is 6.07 Å². The maximum Gasteiger partial charge on any atom is 0.310 e. The molecule has 0 saturated carbocycles. The van der Waals surface area contributed by atoms with E-state index in [0.29, 0.717) is 28.4 Å². The second-order valence-corrected chi connectivity index (χ2v) is 3.80. The van der Waals surface area contributed by atoms with Crippen LogP contribution in [0.5, 0.6) is 5.75 Å². The van der Waals surface area contributed by atoms with Crippen molar-refractivity contribution in [3.63, 3.8) is 0 Å². The largest absolute Gasteiger partial charge is 0.495 e. The predicted molar refractivity (Wildman–Crippen MR) is 65.3 cm³/mol.